The van der Waals surface area contributed by atoms with Crippen molar-refractivity contribution < 1.29 is 4.39 Å². The molecule has 0 aliphatic rings. The van der Waals surface area contributed by atoms with Gasteiger partial charge in [-0.05, 0) is 38.0 Å². The lowest BCUT2D eigenvalue weighted by Crippen LogP contribution is -1.93. The second kappa shape index (κ2) is 2.37. The molecule has 0 aliphatic heterocycles. The molecule has 1 aromatic rings. The minimum atomic E-state index is -0.388. The molecule has 2 heteroatoms. The van der Waals surface area contributed by atoms with E-state index in [2.05, 4.69) is 4.98 Å². The molecule has 0 bridgehead atoms. The van der Waals surface area contributed by atoms with Gasteiger partial charge in [0.2, 0.25) is 5.95 Å². The van der Waals surface area contributed by atoms with E-state index in [1.165, 1.54) is 6.07 Å². The minimum absolute atomic E-state index is 0.388. The molecule has 10 heavy (non-hydrogen) atoms. The second-order valence-electron chi connectivity index (χ2n) is 2.47. The summed E-state index contributed by atoms with van der Waals surface area (Å²) < 4.78 is 12.5. The normalized spacial score (nSPS) is 10.0. The van der Waals surface area contributed by atoms with Gasteiger partial charge in [-0.15, -0.1) is 0 Å². The van der Waals surface area contributed by atoms with Crippen LogP contribution in [0.4, 0.5) is 4.39 Å². The minimum Gasteiger partial charge on any atom is -0.225 e. The fraction of sp³-hybridized carbons (Fsp3) is 0.375. The fourth-order valence-electron chi connectivity index (χ4n) is 0.849. The Hall–Kier alpha value is -0.920. The molecule has 1 heterocycles. The van der Waals surface area contributed by atoms with Crippen LogP contribution in [0.3, 0.4) is 0 Å². The summed E-state index contributed by atoms with van der Waals surface area (Å²) in [5.74, 6) is -0.388. The smallest absolute Gasteiger partial charge is 0.213 e. The lowest BCUT2D eigenvalue weighted by Gasteiger charge is -2.01. The van der Waals surface area contributed by atoms with Crippen molar-refractivity contribution in [1.29, 1.82) is 0 Å². The van der Waals surface area contributed by atoms with E-state index in [-0.39, 0.29) is 5.95 Å². The summed E-state index contributed by atoms with van der Waals surface area (Å²) in [5.41, 5.74) is 2.81. The van der Waals surface area contributed by atoms with E-state index in [0.717, 1.165) is 16.8 Å². The van der Waals surface area contributed by atoms with Crippen LogP contribution < -0.4 is 0 Å². The number of hydrogen-bond donors (Lipinski definition) is 0. The topological polar surface area (TPSA) is 12.9 Å². The van der Waals surface area contributed by atoms with Gasteiger partial charge in [0.25, 0.3) is 0 Å². The Labute approximate surface area is 59.9 Å². The van der Waals surface area contributed by atoms with Crippen LogP contribution in [0.25, 0.3) is 0 Å². The van der Waals surface area contributed by atoms with Gasteiger partial charge in [-0.2, -0.15) is 4.39 Å². The SMILES string of the molecule is Cc1cc(F)nc(C)c1C. The molecule has 1 rings (SSSR count). The van der Waals surface area contributed by atoms with Crippen LogP contribution in [-0.2, 0) is 0 Å². The summed E-state index contributed by atoms with van der Waals surface area (Å²) in [6.45, 7) is 5.63. The van der Waals surface area contributed by atoms with Crippen molar-refractivity contribution in [2.75, 3.05) is 0 Å². The Morgan fingerprint density at radius 3 is 2.40 bits per heavy atom. The van der Waals surface area contributed by atoms with E-state index in [1.54, 1.807) is 0 Å². The Morgan fingerprint density at radius 1 is 1.30 bits per heavy atom. The molecule has 1 nitrogen and oxygen atoms in total. The standard InChI is InChI=1S/C8H10FN/c1-5-4-8(9)10-7(3)6(5)2/h4H,1-3H3. The van der Waals surface area contributed by atoms with Gasteiger partial charge in [0.05, 0.1) is 0 Å². The van der Waals surface area contributed by atoms with Gasteiger partial charge in [-0.3, -0.25) is 0 Å². The summed E-state index contributed by atoms with van der Waals surface area (Å²) in [6.07, 6.45) is 0. The van der Waals surface area contributed by atoms with Crippen molar-refractivity contribution in [1.82, 2.24) is 4.98 Å². The summed E-state index contributed by atoms with van der Waals surface area (Å²) in [7, 11) is 0. The molecule has 0 spiro atoms. The van der Waals surface area contributed by atoms with Crippen molar-refractivity contribution in [3.8, 4) is 0 Å². The van der Waals surface area contributed by atoms with Crippen molar-refractivity contribution in [2.24, 2.45) is 0 Å². The molecule has 0 aliphatic carbocycles. The number of rotatable bonds is 0. The van der Waals surface area contributed by atoms with Gasteiger partial charge in [-0.25, -0.2) is 4.98 Å². The Balaban J connectivity index is 3.31. The van der Waals surface area contributed by atoms with Crippen molar-refractivity contribution in [2.45, 2.75) is 20.8 Å². The molecule has 0 aromatic carbocycles. The van der Waals surface area contributed by atoms with Crippen LogP contribution in [-0.4, -0.2) is 4.98 Å². The third-order valence-corrected chi connectivity index (χ3v) is 1.74. The summed E-state index contributed by atoms with van der Waals surface area (Å²) in [6, 6.07) is 1.45. The van der Waals surface area contributed by atoms with E-state index >= 15 is 0 Å². The zero-order valence-corrected chi connectivity index (χ0v) is 6.40. The third-order valence-electron chi connectivity index (χ3n) is 1.74. The molecule has 0 N–H and O–H groups in total. The molecular weight excluding hydrogens is 129 g/mol. The highest BCUT2D eigenvalue weighted by Crippen LogP contribution is 2.09. The molecule has 0 radical (unpaired) electrons. The third kappa shape index (κ3) is 1.15. The maximum atomic E-state index is 12.5. The van der Waals surface area contributed by atoms with Gasteiger partial charge in [-0.1, -0.05) is 0 Å². The summed E-state index contributed by atoms with van der Waals surface area (Å²) >= 11 is 0. The van der Waals surface area contributed by atoms with E-state index < -0.39 is 0 Å². The number of halogens is 1. The predicted molar refractivity (Wildman–Crippen MR) is 38.4 cm³/mol. The zero-order chi connectivity index (χ0) is 7.72. The van der Waals surface area contributed by atoms with Gasteiger partial charge in [0.15, 0.2) is 0 Å². The van der Waals surface area contributed by atoms with Crippen LogP contribution >= 0.6 is 0 Å². The molecular formula is C8H10FN. The maximum absolute atomic E-state index is 12.5. The van der Waals surface area contributed by atoms with Gasteiger partial charge in [0, 0.05) is 5.69 Å². The predicted octanol–water partition coefficient (Wildman–Crippen LogP) is 2.15. The molecule has 0 amide bonds. The highest BCUT2D eigenvalue weighted by molar-refractivity contribution is 5.26. The van der Waals surface area contributed by atoms with Crippen molar-refractivity contribution >= 4 is 0 Å². The average molecular weight is 139 g/mol. The quantitative estimate of drug-likeness (QED) is 0.502. The van der Waals surface area contributed by atoms with Gasteiger partial charge < -0.3 is 0 Å². The first-order valence-corrected chi connectivity index (χ1v) is 3.21. The number of nitrogens with zero attached hydrogens (tertiary/aromatic N) is 1. The number of hydrogen-bond acceptors (Lipinski definition) is 1. The lowest BCUT2D eigenvalue weighted by atomic mass is 10.1. The van der Waals surface area contributed by atoms with E-state index in [1.807, 2.05) is 20.8 Å². The first kappa shape index (κ1) is 7.19. The largest absolute Gasteiger partial charge is 0.225 e. The van der Waals surface area contributed by atoms with E-state index in [4.69, 9.17) is 0 Å². The molecule has 0 saturated heterocycles. The van der Waals surface area contributed by atoms with Gasteiger partial charge in [0.1, 0.15) is 0 Å². The highest BCUT2D eigenvalue weighted by atomic mass is 19.1. The molecule has 0 fully saturated rings. The van der Waals surface area contributed by atoms with E-state index in [9.17, 15) is 4.39 Å². The van der Waals surface area contributed by atoms with Crippen molar-refractivity contribution in [3.05, 3.63) is 28.8 Å². The van der Waals surface area contributed by atoms with Crippen LogP contribution in [0.1, 0.15) is 16.8 Å². The van der Waals surface area contributed by atoms with Gasteiger partial charge >= 0.3 is 0 Å². The molecule has 0 unspecified atom stereocenters. The Kier molecular flexibility index (Phi) is 1.70. The number of aryl methyl sites for hydroxylation is 2. The molecule has 0 saturated carbocycles. The van der Waals surface area contributed by atoms with Crippen LogP contribution in [0.15, 0.2) is 6.07 Å². The first-order chi connectivity index (χ1) is 4.61. The molecule has 0 atom stereocenters. The highest BCUT2D eigenvalue weighted by Gasteiger charge is 1.99. The molecule has 1 aromatic heterocycles. The Bertz CT molecular complexity index is 232. The van der Waals surface area contributed by atoms with Crippen molar-refractivity contribution in [3.63, 3.8) is 0 Å². The second-order valence-corrected chi connectivity index (χ2v) is 2.47. The molecule has 54 valence electrons. The van der Waals surface area contributed by atoms with Crippen LogP contribution in [0.2, 0.25) is 0 Å². The zero-order valence-electron chi connectivity index (χ0n) is 6.40. The Morgan fingerprint density at radius 2 is 1.90 bits per heavy atom. The fourth-order valence-corrected chi connectivity index (χ4v) is 0.849. The van der Waals surface area contributed by atoms with Crippen LogP contribution in [0.5, 0.6) is 0 Å². The maximum Gasteiger partial charge on any atom is 0.213 e. The number of pyridine rings is 1. The monoisotopic (exact) mass is 139 g/mol. The average Bonchev–Trinajstić information content (AvgIpc) is 1.82. The van der Waals surface area contributed by atoms with Crippen LogP contribution in [0, 0.1) is 26.7 Å². The number of aromatic nitrogens is 1. The van der Waals surface area contributed by atoms with E-state index in [0.29, 0.717) is 0 Å². The lowest BCUT2D eigenvalue weighted by molar-refractivity contribution is 0.577. The first-order valence-electron chi connectivity index (χ1n) is 3.21. The summed E-state index contributed by atoms with van der Waals surface area (Å²) in [5, 5.41) is 0. The summed E-state index contributed by atoms with van der Waals surface area (Å²) in [4.78, 5) is 3.67.